The number of nitrogen functional groups attached to an aromatic ring is 1. The van der Waals surface area contributed by atoms with Crippen LogP contribution in [0.15, 0.2) is 77.7 Å². The van der Waals surface area contributed by atoms with Gasteiger partial charge < -0.3 is 16.0 Å². The molecule has 7 nitrogen and oxygen atoms in total. The first kappa shape index (κ1) is 30.8. The largest absolute Gasteiger partial charge is 0.384 e. The van der Waals surface area contributed by atoms with Gasteiger partial charge in [0, 0.05) is 34.8 Å². The lowest BCUT2D eigenvalue weighted by Crippen LogP contribution is -2.44. The molecule has 3 atom stereocenters. The summed E-state index contributed by atoms with van der Waals surface area (Å²) in [6.07, 6.45) is 7.21. The van der Waals surface area contributed by atoms with E-state index in [0.717, 1.165) is 47.5 Å². The van der Waals surface area contributed by atoms with E-state index < -0.39 is 5.25 Å². The van der Waals surface area contributed by atoms with Crippen molar-refractivity contribution in [2.45, 2.75) is 81.0 Å². The molecule has 0 saturated carbocycles. The lowest BCUT2D eigenvalue weighted by molar-refractivity contribution is -0.118. The normalized spacial score (nSPS) is 20.5. The number of nitrogens with two attached hydrogens (primary N) is 1. The first-order valence-corrected chi connectivity index (χ1v) is 16.3. The number of fused-ring (bicyclic) bond motifs is 1. The molecule has 3 aromatic rings. The molecule has 0 radical (unpaired) electrons. The van der Waals surface area contributed by atoms with Gasteiger partial charge in [0.2, 0.25) is 11.8 Å². The van der Waals surface area contributed by atoms with Gasteiger partial charge in [0.15, 0.2) is 0 Å². The van der Waals surface area contributed by atoms with Crippen molar-refractivity contribution in [3.63, 3.8) is 0 Å². The fourth-order valence-corrected chi connectivity index (χ4v) is 7.50. The van der Waals surface area contributed by atoms with E-state index >= 15 is 0 Å². The van der Waals surface area contributed by atoms with Gasteiger partial charge in [-0.25, -0.2) is 0 Å². The monoisotopic (exact) mass is 597 g/mol. The number of likely N-dealkylation sites (tertiary alicyclic amines) is 1. The third-order valence-electron chi connectivity index (χ3n) is 8.65. The van der Waals surface area contributed by atoms with Crippen LogP contribution in [-0.4, -0.2) is 47.7 Å². The Morgan fingerprint density at radius 2 is 1.70 bits per heavy atom. The van der Waals surface area contributed by atoms with Gasteiger partial charge in [-0.1, -0.05) is 61.4 Å². The molecule has 226 valence electrons. The number of anilines is 2. The number of carbonyl (C=O) groups is 2. The summed E-state index contributed by atoms with van der Waals surface area (Å²) in [5.41, 5.74) is 9.69. The summed E-state index contributed by atoms with van der Waals surface area (Å²) in [4.78, 5) is 32.4. The Bertz CT molecular complexity index is 1440. The molecule has 2 heterocycles. The molecule has 0 bridgehead atoms. The number of thioether (sulfide) groups is 1. The number of rotatable bonds is 11. The van der Waals surface area contributed by atoms with E-state index in [4.69, 9.17) is 11.1 Å². The molecule has 1 saturated heterocycles. The average molecular weight is 598 g/mol. The van der Waals surface area contributed by atoms with Crippen LogP contribution in [0.25, 0.3) is 0 Å². The van der Waals surface area contributed by atoms with Gasteiger partial charge in [-0.05, 0) is 81.5 Å². The van der Waals surface area contributed by atoms with Gasteiger partial charge in [0.1, 0.15) is 11.1 Å². The fraction of sp³-hybridized carbons (Fsp3) is 0.400. The highest BCUT2D eigenvalue weighted by Crippen LogP contribution is 2.47. The number of hydrogen-bond donors (Lipinski definition) is 3. The number of amidine groups is 1. The highest BCUT2D eigenvalue weighted by atomic mass is 32.2. The first-order chi connectivity index (χ1) is 20.8. The van der Waals surface area contributed by atoms with Crippen LogP contribution in [0.4, 0.5) is 11.4 Å². The van der Waals surface area contributed by atoms with Gasteiger partial charge in [-0.15, -0.1) is 11.8 Å². The van der Waals surface area contributed by atoms with Gasteiger partial charge in [-0.2, -0.15) is 0 Å². The number of nitrogens with zero attached hydrogens (tertiary/aromatic N) is 2. The molecule has 4 N–H and O–H groups in total. The van der Waals surface area contributed by atoms with Crippen molar-refractivity contribution in [3.05, 3.63) is 89.5 Å². The number of amides is 2. The fourth-order valence-electron chi connectivity index (χ4n) is 6.30. The third-order valence-corrected chi connectivity index (χ3v) is 9.96. The van der Waals surface area contributed by atoms with Crippen molar-refractivity contribution in [2.24, 2.45) is 5.73 Å². The highest BCUT2D eigenvalue weighted by molar-refractivity contribution is 8.00. The number of hydrogen-bond acceptors (Lipinski definition) is 5. The van der Waals surface area contributed by atoms with E-state index in [1.165, 1.54) is 31.0 Å². The summed E-state index contributed by atoms with van der Waals surface area (Å²) in [5.74, 6) is -0.0857. The maximum Gasteiger partial charge on any atom is 0.245 e. The molecule has 0 aromatic heterocycles. The van der Waals surface area contributed by atoms with Crippen molar-refractivity contribution >= 4 is 40.8 Å². The third kappa shape index (κ3) is 7.67. The van der Waals surface area contributed by atoms with Gasteiger partial charge >= 0.3 is 0 Å². The summed E-state index contributed by atoms with van der Waals surface area (Å²) in [5, 5.41) is 10.5. The van der Waals surface area contributed by atoms with Crippen LogP contribution in [0.5, 0.6) is 0 Å². The van der Waals surface area contributed by atoms with E-state index in [9.17, 15) is 9.59 Å². The maximum absolute atomic E-state index is 14.1. The Morgan fingerprint density at radius 3 is 2.44 bits per heavy atom. The van der Waals surface area contributed by atoms with Crippen molar-refractivity contribution < 1.29 is 9.59 Å². The smallest absolute Gasteiger partial charge is 0.245 e. The van der Waals surface area contributed by atoms with Gasteiger partial charge in [-0.3, -0.25) is 19.9 Å². The molecular formula is C35H43N5O2S. The van der Waals surface area contributed by atoms with E-state index in [0.29, 0.717) is 29.9 Å². The quantitative estimate of drug-likeness (QED) is 0.129. The Kier molecular flexibility index (Phi) is 10.2. The Morgan fingerprint density at radius 1 is 0.953 bits per heavy atom. The molecule has 8 heteroatoms. The van der Waals surface area contributed by atoms with Crippen LogP contribution < -0.4 is 16.0 Å². The molecule has 3 aromatic carbocycles. The molecule has 2 aliphatic heterocycles. The second-order valence-corrected chi connectivity index (χ2v) is 13.0. The topological polar surface area (TPSA) is 103 Å². The summed E-state index contributed by atoms with van der Waals surface area (Å²) in [7, 11) is 0. The van der Waals surface area contributed by atoms with E-state index in [1.807, 2.05) is 71.6 Å². The molecule has 2 aliphatic rings. The minimum atomic E-state index is -0.430. The molecule has 0 spiro atoms. The number of nitrogens with one attached hydrogen (secondary N) is 2. The van der Waals surface area contributed by atoms with Crippen molar-refractivity contribution in [3.8, 4) is 0 Å². The average Bonchev–Trinajstić information content (AvgIpc) is 2.99. The Hall–Kier alpha value is -3.62. The van der Waals surface area contributed by atoms with Crippen molar-refractivity contribution in [1.29, 1.82) is 5.41 Å². The van der Waals surface area contributed by atoms with E-state index in [1.54, 1.807) is 6.07 Å². The highest BCUT2D eigenvalue weighted by Gasteiger charge is 2.35. The van der Waals surface area contributed by atoms with E-state index in [2.05, 4.69) is 24.1 Å². The molecule has 0 aliphatic carbocycles. The molecule has 43 heavy (non-hydrogen) atoms. The Labute approximate surface area is 259 Å². The van der Waals surface area contributed by atoms with Crippen LogP contribution in [0.1, 0.15) is 74.3 Å². The standard InChI is InChI=1S/C35H43N5O2S/c1-24-11-9-12-25(2)39(24)19-7-4-8-20-40-30-23-29(38-32(41)21-26-13-5-3-6-14-26)17-18-31(30)43-33(35(40)42)27-15-10-16-28(22-27)34(36)37/h3,5-6,10,13-18,22-25,33H,4,7-9,11-12,19-21H2,1-2H3,(H3,36,37)(H,38,41)/t24-,25+,33?. The van der Waals surface area contributed by atoms with E-state index in [-0.39, 0.29) is 24.1 Å². The van der Waals surface area contributed by atoms with Crippen LogP contribution in [-0.2, 0) is 16.0 Å². The number of piperidine rings is 1. The molecule has 1 fully saturated rings. The minimum Gasteiger partial charge on any atom is -0.384 e. The molecular weight excluding hydrogens is 554 g/mol. The second-order valence-electron chi connectivity index (χ2n) is 11.8. The summed E-state index contributed by atoms with van der Waals surface area (Å²) in [6.45, 7) is 6.39. The summed E-state index contributed by atoms with van der Waals surface area (Å²) < 4.78 is 0. The van der Waals surface area contributed by atoms with Crippen molar-refractivity contribution in [2.75, 3.05) is 23.3 Å². The van der Waals surface area contributed by atoms with Crippen LogP contribution >= 0.6 is 11.8 Å². The first-order valence-electron chi connectivity index (χ1n) is 15.5. The van der Waals surface area contributed by atoms with Gasteiger partial charge in [0.05, 0.1) is 12.1 Å². The Balaban J connectivity index is 1.32. The molecule has 5 rings (SSSR count). The second kappa shape index (κ2) is 14.2. The number of unbranched alkanes of at least 4 members (excludes halogenated alkanes) is 2. The van der Waals surface area contributed by atoms with Crippen LogP contribution in [0.3, 0.4) is 0 Å². The summed E-state index contributed by atoms with van der Waals surface area (Å²) >= 11 is 1.51. The zero-order chi connectivity index (χ0) is 30.3. The van der Waals surface area contributed by atoms with Crippen LogP contribution in [0.2, 0.25) is 0 Å². The minimum absolute atomic E-state index is 0.0133. The number of carbonyl (C=O) groups excluding carboxylic acids is 2. The summed E-state index contributed by atoms with van der Waals surface area (Å²) in [6, 6.07) is 24.2. The SMILES string of the molecule is C[C@@H]1CCC[C@H](C)N1CCCCCN1C(=O)C(c2cccc(C(=N)N)c2)Sc2ccc(NC(=O)Cc3ccccc3)cc21. The van der Waals surface area contributed by atoms with Crippen molar-refractivity contribution in [1.82, 2.24) is 4.90 Å². The van der Waals surface area contributed by atoms with Gasteiger partial charge in [0.25, 0.3) is 0 Å². The zero-order valence-electron chi connectivity index (χ0n) is 25.2. The molecule has 1 unspecified atom stereocenters. The number of benzene rings is 3. The zero-order valence-corrected chi connectivity index (χ0v) is 26.0. The lowest BCUT2D eigenvalue weighted by Gasteiger charge is -2.39. The predicted molar refractivity (Wildman–Crippen MR) is 177 cm³/mol. The molecule has 2 amide bonds. The van der Waals surface area contributed by atoms with Crippen LogP contribution in [0, 0.1) is 5.41 Å². The predicted octanol–water partition coefficient (Wildman–Crippen LogP) is 6.77. The lowest BCUT2D eigenvalue weighted by atomic mass is 9.97. The maximum atomic E-state index is 14.1.